The van der Waals surface area contributed by atoms with Crippen molar-refractivity contribution in [3.63, 3.8) is 0 Å². The van der Waals surface area contributed by atoms with E-state index in [1.165, 1.54) is 7.11 Å². The lowest BCUT2D eigenvalue weighted by atomic mass is 10.2. The Kier molecular flexibility index (Phi) is 6.82. The van der Waals surface area contributed by atoms with Crippen molar-refractivity contribution in [3.8, 4) is 17.4 Å². The van der Waals surface area contributed by atoms with E-state index in [4.69, 9.17) is 14.2 Å². The van der Waals surface area contributed by atoms with Crippen molar-refractivity contribution in [1.29, 1.82) is 0 Å². The van der Waals surface area contributed by atoms with Gasteiger partial charge in [0.25, 0.3) is 0 Å². The van der Waals surface area contributed by atoms with E-state index >= 15 is 0 Å². The highest BCUT2D eigenvalue weighted by atomic mass is 16.5. The van der Waals surface area contributed by atoms with Crippen LogP contribution < -0.4 is 19.7 Å². The summed E-state index contributed by atoms with van der Waals surface area (Å²) < 4.78 is 18.7. The van der Waals surface area contributed by atoms with E-state index < -0.39 is 5.97 Å². The van der Waals surface area contributed by atoms with Crippen LogP contribution in [0.2, 0.25) is 0 Å². The van der Waals surface area contributed by atoms with Crippen molar-refractivity contribution in [3.05, 3.63) is 60.3 Å². The molecule has 0 radical (unpaired) electrons. The van der Waals surface area contributed by atoms with Gasteiger partial charge in [0.15, 0.2) is 0 Å². The molecule has 4 aromatic rings. The third-order valence-corrected chi connectivity index (χ3v) is 6.49. The standard InChI is InChI=1S/C27H30N6O4/c1-31-13-15-33(16-14-31)18-9-10-20(23(17-18)35-3)28-27-29-21-11-12-32(2)24(21)25(30-27)37-22-8-6-5-7-19(22)26(34)36-4/h5-12,17H,13-16H2,1-4H3,(H,28,29,30). The average molecular weight is 503 g/mol. The zero-order valence-electron chi connectivity index (χ0n) is 21.4. The van der Waals surface area contributed by atoms with E-state index in [2.05, 4.69) is 38.2 Å². The molecule has 0 unspecified atom stereocenters. The number of likely N-dealkylation sites (N-methyl/N-ethyl adjacent to an activating group) is 1. The number of piperazine rings is 1. The average Bonchev–Trinajstić information content (AvgIpc) is 3.30. The SMILES string of the molecule is COC(=O)c1ccccc1Oc1nc(Nc2ccc(N3CCN(C)CC3)cc2OC)nc2ccn(C)c12. The van der Waals surface area contributed by atoms with Gasteiger partial charge in [-0.15, -0.1) is 0 Å². The Labute approximate surface area is 215 Å². The summed E-state index contributed by atoms with van der Waals surface area (Å²) in [6, 6.07) is 14.8. The topological polar surface area (TPSA) is 94.0 Å². The molecular formula is C27H30N6O4. The quantitative estimate of drug-likeness (QED) is 0.376. The molecule has 2 aromatic heterocycles. The molecule has 1 fully saturated rings. The van der Waals surface area contributed by atoms with Gasteiger partial charge < -0.3 is 33.9 Å². The molecule has 5 rings (SSSR count). The van der Waals surface area contributed by atoms with E-state index in [-0.39, 0.29) is 0 Å². The third-order valence-electron chi connectivity index (χ3n) is 6.49. The second-order valence-electron chi connectivity index (χ2n) is 8.90. The summed E-state index contributed by atoms with van der Waals surface area (Å²) in [6.45, 7) is 3.98. The Bertz CT molecular complexity index is 1430. The number of para-hydroxylation sites is 1. The zero-order chi connectivity index (χ0) is 25.9. The van der Waals surface area contributed by atoms with Gasteiger partial charge in [0, 0.05) is 51.2 Å². The second kappa shape index (κ2) is 10.4. The van der Waals surface area contributed by atoms with Crippen molar-refractivity contribution in [2.24, 2.45) is 7.05 Å². The van der Waals surface area contributed by atoms with Crippen molar-refractivity contribution in [2.75, 3.05) is 57.7 Å². The van der Waals surface area contributed by atoms with Crippen LogP contribution >= 0.6 is 0 Å². The smallest absolute Gasteiger partial charge is 0.341 e. The summed E-state index contributed by atoms with van der Waals surface area (Å²) in [5, 5.41) is 3.28. The lowest BCUT2D eigenvalue weighted by Gasteiger charge is -2.34. The molecule has 1 N–H and O–H groups in total. The van der Waals surface area contributed by atoms with Crippen LogP contribution in [0.3, 0.4) is 0 Å². The van der Waals surface area contributed by atoms with Gasteiger partial charge in [-0.2, -0.15) is 4.98 Å². The summed E-state index contributed by atoms with van der Waals surface area (Å²) in [7, 11) is 7.01. The second-order valence-corrected chi connectivity index (χ2v) is 8.90. The number of ether oxygens (including phenoxy) is 3. The minimum Gasteiger partial charge on any atom is -0.494 e. The number of anilines is 3. The van der Waals surface area contributed by atoms with Gasteiger partial charge in [0.05, 0.1) is 25.4 Å². The first-order chi connectivity index (χ1) is 18.0. The van der Waals surface area contributed by atoms with Crippen LogP contribution in [0.1, 0.15) is 10.4 Å². The van der Waals surface area contributed by atoms with Crippen LogP contribution in [-0.4, -0.2) is 72.9 Å². The molecule has 1 aliphatic heterocycles. The summed E-state index contributed by atoms with van der Waals surface area (Å²) in [5.41, 5.74) is 3.54. The normalized spacial score (nSPS) is 14.0. The predicted octanol–water partition coefficient (Wildman–Crippen LogP) is 4.05. The predicted molar refractivity (Wildman–Crippen MR) is 142 cm³/mol. The molecule has 3 heterocycles. The molecule has 2 aromatic carbocycles. The van der Waals surface area contributed by atoms with Crippen molar-refractivity contribution in [1.82, 2.24) is 19.4 Å². The van der Waals surface area contributed by atoms with E-state index in [0.717, 1.165) is 37.6 Å². The van der Waals surface area contributed by atoms with Crippen molar-refractivity contribution in [2.45, 2.75) is 0 Å². The van der Waals surface area contributed by atoms with Crippen LogP contribution in [0.4, 0.5) is 17.3 Å². The highest BCUT2D eigenvalue weighted by Gasteiger charge is 2.20. The molecule has 0 saturated carbocycles. The summed E-state index contributed by atoms with van der Waals surface area (Å²) in [6.07, 6.45) is 1.88. The summed E-state index contributed by atoms with van der Waals surface area (Å²) in [5.74, 6) is 1.19. The molecule has 0 aliphatic carbocycles. The van der Waals surface area contributed by atoms with Gasteiger partial charge in [0.2, 0.25) is 11.8 Å². The maximum Gasteiger partial charge on any atom is 0.341 e. The minimum absolute atomic E-state index is 0.307. The summed E-state index contributed by atoms with van der Waals surface area (Å²) >= 11 is 0. The fourth-order valence-electron chi connectivity index (χ4n) is 4.39. The maximum atomic E-state index is 12.3. The van der Waals surface area contributed by atoms with E-state index in [0.29, 0.717) is 39.9 Å². The number of rotatable bonds is 7. The molecule has 0 atom stereocenters. The number of carbonyl (C=O) groups excluding carboxylic acids is 1. The number of aromatic nitrogens is 3. The van der Waals surface area contributed by atoms with E-state index in [1.54, 1.807) is 31.4 Å². The Balaban J connectivity index is 1.47. The van der Waals surface area contributed by atoms with E-state index in [9.17, 15) is 4.79 Å². The highest BCUT2D eigenvalue weighted by Crippen LogP contribution is 2.35. The van der Waals surface area contributed by atoms with Crippen LogP contribution in [0.15, 0.2) is 54.7 Å². The van der Waals surface area contributed by atoms with Gasteiger partial charge in [-0.25, -0.2) is 9.78 Å². The number of methoxy groups -OCH3 is 2. The number of nitrogens with zero attached hydrogens (tertiary/aromatic N) is 5. The Morgan fingerprint density at radius 1 is 0.946 bits per heavy atom. The minimum atomic E-state index is -0.490. The number of hydrogen-bond donors (Lipinski definition) is 1. The summed E-state index contributed by atoms with van der Waals surface area (Å²) in [4.78, 5) is 26.3. The number of esters is 1. The van der Waals surface area contributed by atoms with Crippen LogP contribution in [0.5, 0.6) is 17.4 Å². The number of nitrogens with one attached hydrogen (secondary N) is 1. The van der Waals surface area contributed by atoms with Crippen LogP contribution in [0, 0.1) is 0 Å². The number of benzene rings is 2. The Morgan fingerprint density at radius 3 is 2.49 bits per heavy atom. The van der Waals surface area contributed by atoms with Crippen molar-refractivity contribution < 1.29 is 19.0 Å². The van der Waals surface area contributed by atoms with E-state index in [1.807, 2.05) is 36.0 Å². The largest absolute Gasteiger partial charge is 0.494 e. The molecule has 10 nitrogen and oxygen atoms in total. The van der Waals surface area contributed by atoms with Gasteiger partial charge in [-0.05, 0) is 37.4 Å². The lowest BCUT2D eigenvalue weighted by Crippen LogP contribution is -2.44. The van der Waals surface area contributed by atoms with Gasteiger partial charge in [0.1, 0.15) is 22.6 Å². The number of hydrogen-bond acceptors (Lipinski definition) is 9. The highest BCUT2D eigenvalue weighted by molar-refractivity contribution is 5.93. The lowest BCUT2D eigenvalue weighted by molar-refractivity contribution is 0.0598. The third kappa shape index (κ3) is 5.01. The van der Waals surface area contributed by atoms with Gasteiger partial charge >= 0.3 is 5.97 Å². The van der Waals surface area contributed by atoms with Crippen molar-refractivity contribution >= 4 is 34.3 Å². The number of carbonyl (C=O) groups is 1. The fraction of sp³-hybridized carbons (Fsp3) is 0.296. The van der Waals surface area contributed by atoms with Crippen LogP contribution in [-0.2, 0) is 11.8 Å². The molecule has 37 heavy (non-hydrogen) atoms. The molecular weight excluding hydrogens is 472 g/mol. The molecule has 192 valence electrons. The van der Waals surface area contributed by atoms with Gasteiger partial charge in [-0.1, -0.05) is 12.1 Å². The van der Waals surface area contributed by atoms with Gasteiger partial charge in [-0.3, -0.25) is 0 Å². The first-order valence-electron chi connectivity index (χ1n) is 12.0. The molecule has 0 amide bonds. The first-order valence-corrected chi connectivity index (χ1v) is 12.0. The maximum absolute atomic E-state index is 12.3. The Hall–Kier alpha value is -4.31. The Morgan fingerprint density at radius 2 is 1.73 bits per heavy atom. The monoisotopic (exact) mass is 502 g/mol. The zero-order valence-corrected chi connectivity index (χ0v) is 21.4. The molecule has 0 bridgehead atoms. The fourth-order valence-corrected chi connectivity index (χ4v) is 4.39. The molecule has 0 spiro atoms. The molecule has 10 heteroatoms. The number of aryl methyl sites for hydroxylation is 1. The number of fused-ring (bicyclic) bond motifs is 1. The van der Waals surface area contributed by atoms with Crippen LogP contribution in [0.25, 0.3) is 11.0 Å². The molecule has 1 aliphatic rings. The molecule has 1 saturated heterocycles. The first kappa shape index (κ1) is 24.4.